The number of aromatic carboxylic acids is 1. The minimum Gasteiger partial charge on any atom is -0.478 e. The van der Waals surface area contributed by atoms with Gasteiger partial charge in [0.15, 0.2) is 0 Å². The molecule has 0 spiro atoms. The molecule has 26 heavy (non-hydrogen) atoms. The maximum atomic E-state index is 11.2. The Labute approximate surface area is 161 Å². The van der Waals surface area contributed by atoms with Crippen LogP contribution in [0.5, 0.6) is 0 Å². The standard InChI is InChI=1S/C20H16Cl2N2O2/c21-17-8-5-14(11-18(17)22)2-1-13-3-6-15(7-4-13)24-19-9-10-23-12-16(19)20(25)26/h3-12H,1-2H2,(H,23,24)(H,25,26). The number of hydrogen-bond donors (Lipinski definition) is 2. The van der Waals surface area contributed by atoms with Crippen molar-refractivity contribution in [2.24, 2.45) is 0 Å². The summed E-state index contributed by atoms with van der Waals surface area (Å²) in [7, 11) is 0. The molecule has 132 valence electrons. The third-order valence-corrected chi connectivity index (χ3v) is 4.71. The zero-order valence-corrected chi connectivity index (χ0v) is 15.3. The summed E-state index contributed by atoms with van der Waals surface area (Å²) in [4.78, 5) is 15.1. The van der Waals surface area contributed by atoms with E-state index in [2.05, 4.69) is 10.3 Å². The molecule has 2 aromatic carbocycles. The Balaban J connectivity index is 1.65. The molecule has 2 N–H and O–H groups in total. The van der Waals surface area contributed by atoms with E-state index in [1.54, 1.807) is 18.3 Å². The van der Waals surface area contributed by atoms with Gasteiger partial charge in [-0.25, -0.2) is 4.79 Å². The van der Waals surface area contributed by atoms with Crippen molar-refractivity contribution in [3.63, 3.8) is 0 Å². The molecular weight excluding hydrogens is 371 g/mol. The predicted molar refractivity (Wildman–Crippen MR) is 105 cm³/mol. The van der Waals surface area contributed by atoms with Crippen LogP contribution in [0.15, 0.2) is 60.9 Å². The zero-order valence-electron chi connectivity index (χ0n) is 13.7. The molecule has 0 aliphatic carbocycles. The highest BCUT2D eigenvalue weighted by Crippen LogP contribution is 2.24. The van der Waals surface area contributed by atoms with Crippen molar-refractivity contribution in [2.75, 3.05) is 5.32 Å². The van der Waals surface area contributed by atoms with Gasteiger partial charge < -0.3 is 10.4 Å². The number of pyridine rings is 1. The van der Waals surface area contributed by atoms with Crippen molar-refractivity contribution < 1.29 is 9.90 Å². The van der Waals surface area contributed by atoms with Crippen LogP contribution in [0.4, 0.5) is 11.4 Å². The molecule has 1 heterocycles. The SMILES string of the molecule is O=C(O)c1cnccc1Nc1ccc(CCc2ccc(Cl)c(Cl)c2)cc1. The van der Waals surface area contributed by atoms with Crippen molar-refractivity contribution in [3.05, 3.63) is 87.7 Å². The van der Waals surface area contributed by atoms with E-state index in [1.165, 1.54) is 11.8 Å². The summed E-state index contributed by atoms with van der Waals surface area (Å²) >= 11 is 12.0. The van der Waals surface area contributed by atoms with Crippen molar-refractivity contribution in [2.45, 2.75) is 12.8 Å². The number of carboxylic acid groups (broad SMARTS) is 1. The Bertz CT molecular complexity index is 927. The van der Waals surface area contributed by atoms with Crippen LogP contribution >= 0.6 is 23.2 Å². The fourth-order valence-corrected chi connectivity index (χ4v) is 2.89. The van der Waals surface area contributed by atoms with E-state index in [-0.39, 0.29) is 5.56 Å². The second kappa shape index (κ2) is 8.21. The molecule has 0 aliphatic rings. The number of carbonyl (C=O) groups is 1. The second-order valence-electron chi connectivity index (χ2n) is 5.80. The summed E-state index contributed by atoms with van der Waals surface area (Å²) in [5, 5.41) is 13.4. The number of carboxylic acids is 1. The van der Waals surface area contributed by atoms with E-state index >= 15 is 0 Å². The number of hydrogen-bond acceptors (Lipinski definition) is 3. The van der Waals surface area contributed by atoms with Gasteiger partial charge in [0.1, 0.15) is 5.56 Å². The minimum absolute atomic E-state index is 0.135. The lowest BCUT2D eigenvalue weighted by Gasteiger charge is -2.10. The molecule has 3 rings (SSSR count). The van der Waals surface area contributed by atoms with Crippen molar-refractivity contribution in [1.29, 1.82) is 0 Å². The third-order valence-electron chi connectivity index (χ3n) is 3.97. The van der Waals surface area contributed by atoms with Gasteiger partial charge in [-0.3, -0.25) is 4.98 Å². The number of nitrogens with zero attached hydrogens (tertiary/aromatic N) is 1. The first-order valence-electron chi connectivity index (χ1n) is 8.00. The number of aromatic nitrogens is 1. The molecule has 0 amide bonds. The number of rotatable bonds is 6. The topological polar surface area (TPSA) is 62.2 Å². The Kier molecular flexibility index (Phi) is 5.76. The predicted octanol–water partition coefficient (Wildman–Crippen LogP) is 5.62. The summed E-state index contributed by atoms with van der Waals surface area (Å²) in [6.07, 6.45) is 4.61. The summed E-state index contributed by atoms with van der Waals surface area (Å²) in [6.45, 7) is 0. The fraction of sp³-hybridized carbons (Fsp3) is 0.100. The van der Waals surface area contributed by atoms with Crippen LogP contribution in [0.25, 0.3) is 0 Å². The molecule has 4 nitrogen and oxygen atoms in total. The maximum Gasteiger partial charge on any atom is 0.339 e. The van der Waals surface area contributed by atoms with Gasteiger partial charge in [0.25, 0.3) is 0 Å². The fourth-order valence-electron chi connectivity index (χ4n) is 2.57. The van der Waals surface area contributed by atoms with E-state index in [0.717, 1.165) is 24.1 Å². The molecule has 0 saturated heterocycles. The quantitative estimate of drug-likeness (QED) is 0.577. The smallest absolute Gasteiger partial charge is 0.339 e. The Morgan fingerprint density at radius 3 is 2.35 bits per heavy atom. The number of anilines is 2. The molecule has 1 aromatic heterocycles. The van der Waals surface area contributed by atoms with E-state index in [9.17, 15) is 9.90 Å². The van der Waals surface area contributed by atoms with Crippen LogP contribution in [0.2, 0.25) is 10.0 Å². The monoisotopic (exact) mass is 386 g/mol. The number of nitrogens with one attached hydrogen (secondary N) is 1. The highest BCUT2D eigenvalue weighted by atomic mass is 35.5. The van der Waals surface area contributed by atoms with Crippen LogP contribution in [-0.2, 0) is 12.8 Å². The van der Waals surface area contributed by atoms with Gasteiger partial charge in [-0.15, -0.1) is 0 Å². The molecule has 0 unspecified atom stereocenters. The molecule has 0 atom stereocenters. The number of benzene rings is 2. The first-order valence-corrected chi connectivity index (χ1v) is 8.76. The normalized spacial score (nSPS) is 10.5. The van der Waals surface area contributed by atoms with Crippen LogP contribution in [-0.4, -0.2) is 16.1 Å². The number of halogens is 2. The summed E-state index contributed by atoms with van der Waals surface area (Å²) in [5.74, 6) is -1.01. The number of aryl methyl sites for hydroxylation is 2. The van der Waals surface area contributed by atoms with Gasteiger partial charge in [-0.1, -0.05) is 41.4 Å². The lowest BCUT2D eigenvalue weighted by atomic mass is 10.0. The highest BCUT2D eigenvalue weighted by molar-refractivity contribution is 6.42. The molecule has 0 fully saturated rings. The van der Waals surface area contributed by atoms with Gasteiger partial charge in [-0.05, 0) is 54.3 Å². The lowest BCUT2D eigenvalue weighted by Crippen LogP contribution is -2.03. The van der Waals surface area contributed by atoms with Crippen molar-refractivity contribution in [3.8, 4) is 0 Å². The maximum absolute atomic E-state index is 11.2. The Morgan fingerprint density at radius 2 is 1.65 bits per heavy atom. The molecule has 0 bridgehead atoms. The molecule has 3 aromatic rings. The highest BCUT2D eigenvalue weighted by Gasteiger charge is 2.09. The Hall–Kier alpha value is -2.56. The third kappa shape index (κ3) is 4.54. The van der Waals surface area contributed by atoms with Gasteiger partial charge in [0, 0.05) is 18.1 Å². The van der Waals surface area contributed by atoms with Gasteiger partial charge >= 0.3 is 5.97 Å². The van der Waals surface area contributed by atoms with Crippen molar-refractivity contribution >= 4 is 40.5 Å². The van der Waals surface area contributed by atoms with E-state index in [1.807, 2.05) is 36.4 Å². The minimum atomic E-state index is -1.01. The summed E-state index contributed by atoms with van der Waals surface area (Å²) in [6, 6.07) is 15.2. The second-order valence-corrected chi connectivity index (χ2v) is 6.61. The summed E-state index contributed by atoms with van der Waals surface area (Å²) < 4.78 is 0. The molecule has 0 aliphatic heterocycles. The molecule has 0 saturated carbocycles. The van der Waals surface area contributed by atoms with Crippen LogP contribution in [0.3, 0.4) is 0 Å². The first-order chi connectivity index (χ1) is 12.5. The molecular formula is C20H16Cl2N2O2. The van der Waals surface area contributed by atoms with E-state index < -0.39 is 5.97 Å². The average molecular weight is 387 g/mol. The molecule has 6 heteroatoms. The Morgan fingerprint density at radius 1 is 0.962 bits per heavy atom. The van der Waals surface area contributed by atoms with Crippen LogP contribution < -0.4 is 5.32 Å². The lowest BCUT2D eigenvalue weighted by molar-refractivity contribution is 0.0697. The largest absolute Gasteiger partial charge is 0.478 e. The van der Waals surface area contributed by atoms with Crippen molar-refractivity contribution in [1.82, 2.24) is 4.98 Å². The van der Waals surface area contributed by atoms with Crippen LogP contribution in [0, 0.1) is 0 Å². The summed E-state index contributed by atoms with van der Waals surface area (Å²) in [5.41, 5.74) is 3.77. The van der Waals surface area contributed by atoms with Gasteiger partial charge in [0.2, 0.25) is 0 Å². The first kappa shape index (κ1) is 18.2. The van der Waals surface area contributed by atoms with Gasteiger partial charge in [-0.2, -0.15) is 0 Å². The van der Waals surface area contributed by atoms with Crippen LogP contribution in [0.1, 0.15) is 21.5 Å². The van der Waals surface area contributed by atoms with Gasteiger partial charge in [0.05, 0.1) is 15.7 Å². The zero-order chi connectivity index (χ0) is 18.5. The average Bonchev–Trinajstić information content (AvgIpc) is 2.64. The van der Waals surface area contributed by atoms with E-state index in [0.29, 0.717) is 15.7 Å². The molecule has 0 radical (unpaired) electrons. The van der Waals surface area contributed by atoms with E-state index in [4.69, 9.17) is 23.2 Å².